The number of β-lactam (4-membered cyclic amide) rings is 1. The number of para-hydroxylation sites is 1. The molecule has 2 aromatic carbocycles. The number of carbonyl (C=O) groups excluding carboxylic acids is 1. The van der Waals surface area contributed by atoms with Gasteiger partial charge in [0.1, 0.15) is 0 Å². The van der Waals surface area contributed by atoms with Crippen molar-refractivity contribution < 1.29 is 4.79 Å². The molecule has 4 heteroatoms. The Hall–Kier alpha value is -2.39. The van der Waals surface area contributed by atoms with Crippen LogP contribution in [0.2, 0.25) is 5.02 Å². The van der Waals surface area contributed by atoms with Gasteiger partial charge in [0.05, 0.1) is 23.7 Å². The van der Waals surface area contributed by atoms with Gasteiger partial charge in [-0.3, -0.25) is 9.78 Å². The fourth-order valence-electron chi connectivity index (χ4n) is 2.95. The number of halogens is 1. The van der Waals surface area contributed by atoms with Crippen molar-refractivity contribution in [2.75, 3.05) is 4.90 Å². The van der Waals surface area contributed by atoms with Gasteiger partial charge in [-0.05, 0) is 29.8 Å². The molecule has 3 nitrogen and oxygen atoms in total. The van der Waals surface area contributed by atoms with Crippen LogP contribution in [0.3, 0.4) is 0 Å². The smallest absolute Gasteiger partial charge is 0.230 e. The summed E-state index contributed by atoms with van der Waals surface area (Å²) in [6.45, 7) is 0. The maximum absolute atomic E-state index is 12.2. The van der Waals surface area contributed by atoms with Crippen molar-refractivity contribution in [1.82, 2.24) is 4.98 Å². The van der Waals surface area contributed by atoms with E-state index in [0.29, 0.717) is 11.4 Å². The zero-order valence-electron chi connectivity index (χ0n) is 11.7. The van der Waals surface area contributed by atoms with E-state index in [0.717, 1.165) is 22.2 Å². The van der Waals surface area contributed by atoms with E-state index in [1.165, 1.54) is 0 Å². The van der Waals surface area contributed by atoms with Crippen LogP contribution in [0.1, 0.15) is 18.0 Å². The summed E-state index contributed by atoms with van der Waals surface area (Å²) in [7, 11) is 0. The standard InChI is InChI=1S/C18H13ClN2O/c19-14-8-6-12(7-9-14)16-11-17(22)21(16)15-5-1-3-13-4-2-10-20-18(13)15/h1-10,16H,11H2. The fourth-order valence-corrected chi connectivity index (χ4v) is 3.08. The van der Waals surface area contributed by atoms with Gasteiger partial charge in [0.25, 0.3) is 0 Å². The number of hydrogen-bond donors (Lipinski definition) is 0. The first-order valence-electron chi connectivity index (χ1n) is 7.15. The maximum Gasteiger partial charge on any atom is 0.230 e. The normalized spacial score (nSPS) is 17.6. The number of carbonyl (C=O) groups is 1. The molecule has 1 aliphatic heterocycles. The minimum atomic E-state index is 0.0531. The number of aromatic nitrogens is 1. The summed E-state index contributed by atoms with van der Waals surface area (Å²) in [6, 6.07) is 17.6. The van der Waals surface area contributed by atoms with E-state index in [9.17, 15) is 4.79 Å². The number of pyridine rings is 1. The zero-order valence-corrected chi connectivity index (χ0v) is 12.5. The molecule has 108 valence electrons. The molecule has 3 aromatic rings. The number of nitrogens with zero attached hydrogens (tertiary/aromatic N) is 2. The monoisotopic (exact) mass is 308 g/mol. The van der Waals surface area contributed by atoms with E-state index < -0.39 is 0 Å². The first-order valence-corrected chi connectivity index (χ1v) is 7.53. The van der Waals surface area contributed by atoms with Crippen molar-refractivity contribution in [3.05, 3.63) is 71.4 Å². The molecule has 1 fully saturated rings. The third-order valence-corrected chi connectivity index (χ3v) is 4.33. The lowest BCUT2D eigenvalue weighted by Gasteiger charge is -2.41. The van der Waals surface area contributed by atoms with Gasteiger partial charge in [0, 0.05) is 16.6 Å². The lowest BCUT2D eigenvalue weighted by atomic mass is 9.92. The van der Waals surface area contributed by atoms with E-state index >= 15 is 0 Å². The highest BCUT2D eigenvalue weighted by atomic mass is 35.5. The predicted molar refractivity (Wildman–Crippen MR) is 88.0 cm³/mol. The molecule has 1 saturated heterocycles. The molecule has 1 amide bonds. The molecule has 0 bridgehead atoms. The second kappa shape index (κ2) is 5.11. The number of amides is 1. The quantitative estimate of drug-likeness (QED) is 0.659. The van der Waals surface area contributed by atoms with Crippen LogP contribution in [0.25, 0.3) is 10.9 Å². The van der Waals surface area contributed by atoms with E-state index in [1.54, 1.807) is 6.20 Å². The second-order valence-corrected chi connectivity index (χ2v) is 5.82. The molecule has 0 radical (unpaired) electrons. The number of benzene rings is 2. The van der Waals surface area contributed by atoms with Gasteiger partial charge in [-0.1, -0.05) is 41.9 Å². The van der Waals surface area contributed by atoms with Crippen LogP contribution in [0, 0.1) is 0 Å². The average Bonchev–Trinajstić information content (AvgIpc) is 2.54. The largest absolute Gasteiger partial charge is 0.302 e. The van der Waals surface area contributed by atoms with Gasteiger partial charge in [-0.2, -0.15) is 0 Å². The molecule has 2 heterocycles. The Bertz CT molecular complexity index is 855. The fraction of sp³-hybridized carbons (Fsp3) is 0.111. The Balaban J connectivity index is 1.79. The van der Waals surface area contributed by atoms with Crippen LogP contribution >= 0.6 is 11.6 Å². The SMILES string of the molecule is O=C1CC(c2ccc(Cl)cc2)N1c1cccc2cccnc12. The molecular formula is C18H13ClN2O. The Labute approximate surface area is 133 Å². The molecule has 1 aliphatic rings. The molecule has 0 N–H and O–H groups in total. The maximum atomic E-state index is 12.2. The van der Waals surface area contributed by atoms with Crippen molar-refractivity contribution in [1.29, 1.82) is 0 Å². The van der Waals surface area contributed by atoms with Gasteiger partial charge in [0.2, 0.25) is 5.91 Å². The lowest BCUT2D eigenvalue weighted by Crippen LogP contribution is -2.46. The summed E-state index contributed by atoms with van der Waals surface area (Å²) >= 11 is 5.95. The molecule has 1 aromatic heterocycles. The third-order valence-electron chi connectivity index (χ3n) is 4.07. The highest BCUT2D eigenvalue weighted by molar-refractivity contribution is 6.30. The lowest BCUT2D eigenvalue weighted by molar-refractivity contribution is -0.124. The highest BCUT2D eigenvalue weighted by Crippen LogP contribution is 2.41. The first kappa shape index (κ1) is 13.3. The van der Waals surface area contributed by atoms with Crippen LogP contribution in [0.4, 0.5) is 5.69 Å². The molecule has 4 rings (SSSR count). The predicted octanol–water partition coefficient (Wildman–Crippen LogP) is 4.37. The number of rotatable bonds is 2. The van der Waals surface area contributed by atoms with Crippen molar-refractivity contribution in [2.24, 2.45) is 0 Å². The van der Waals surface area contributed by atoms with Gasteiger partial charge >= 0.3 is 0 Å². The topological polar surface area (TPSA) is 33.2 Å². The minimum Gasteiger partial charge on any atom is -0.302 e. The van der Waals surface area contributed by atoms with E-state index in [4.69, 9.17) is 11.6 Å². The highest BCUT2D eigenvalue weighted by Gasteiger charge is 2.39. The van der Waals surface area contributed by atoms with E-state index in [2.05, 4.69) is 4.98 Å². The van der Waals surface area contributed by atoms with Crippen molar-refractivity contribution in [3.63, 3.8) is 0 Å². The molecular weight excluding hydrogens is 296 g/mol. The van der Waals surface area contributed by atoms with E-state index in [1.807, 2.05) is 59.5 Å². The van der Waals surface area contributed by atoms with Crippen LogP contribution in [0.15, 0.2) is 60.8 Å². The van der Waals surface area contributed by atoms with Crippen molar-refractivity contribution >= 4 is 34.1 Å². The molecule has 1 atom stereocenters. The zero-order chi connectivity index (χ0) is 15.1. The number of anilines is 1. The third kappa shape index (κ3) is 2.06. The Kier molecular flexibility index (Phi) is 3.09. The van der Waals surface area contributed by atoms with Crippen molar-refractivity contribution in [3.8, 4) is 0 Å². The van der Waals surface area contributed by atoms with Gasteiger partial charge in [0.15, 0.2) is 0 Å². The summed E-state index contributed by atoms with van der Waals surface area (Å²) in [5.41, 5.74) is 2.82. The molecule has 1 unspecified atom stereocenters. The Morgan fingerprint density at radius 1 is 1.05 bits per heavy atom. The summed E-state index contributed by atoms with van der Waals surface area (Å²) in [5.74, 6) is 0.123. The second-order valence-electron chi connectivity index (χ2n) is 5.39. The van der Waals surface area contributed by atoms with Gasteiger partial charge in [-0.25, -0.2) is 0 Å². The minimum absolute atomic E-state index is 0.0531. The van der Waals surface area contributed by atoms with Gasteiger partial charge in [-0.15, -0.1) is 0 Å². The van der Waals surface area contributed by atoms with Gasteiger partial charge < -0.3 is 4.90 Å². The van der Waals surface area contributed by atoms with Crippen LogP contribution in [-0.4, -0.2) is 10.9 Å². The first-order chi connectivity index (χ1) is 10.7. The number of fused-ring (bicyclic) bond motifs is 1. The summed E-state index contributed by atoms with van der Waals surface area (Å²) in [5, 5.41) is 1.74. The Morgan fingerprint density at radius 3 is 2.59 bits per heavy atom. The summed E-state index contributed by atoms with van der Waals surface area (Å²) in [4.78, 5) is 18.5. The van der Waals surface area contributed by atoms with Crippen LogP contribution in [0.5, 0.6) is 0 Å². The average molecular weight is 309 g/mol. The number of hydrogen-bond acceptors (Lipinski definition) is 2. The molecule has 0 saturated carbocycles. The molecule has 0 aliphatic carbocycles. The summed E-state index contributed by atoms with van der Waals surface area (Å²) in [6.07, 6.45) is 2.28. The Morgan fingerprint density at radius 2 is 1.82 bits per heavy atom. The molecule has 22 heavy (non-hydrogen) atoms. The van der Waals surface area contributed by atoms with E-state index in [-0.39, 0.29) is 11.9 Å². The van der Waals surface area contributed by atoms with Crippen LogP contribution < -0.4 is 4.90 Å². The van der Waals surface area contributed by atoms with Crippen molar-refractivity contribution in [2.45, 2.75) is 12.5 Å². The molecule has 0 spiro atoms. The summed E-state index contributed by atoms with van der Waals surface area (Å²) < 4.78 is 0. The van der Waals surface area contributed by atoms with Crippen LogP contribution in [-0.2, 0) is 4.79 Å².